The van der Waals surface area contributed by atoms with E-state index in [2.05, 4.69) is 15.6 Å². The van der Waals surface area contributed by atoms with Crippen LogP contribution in [-0.2, 0) is 12.7 Å². The highest BCUT2D eigenvalue weighted by atomic mass is 32.1. The van der Waals surface area contributed by atoms with Gasteiger partial charge in [-0.3, -0.25) is 4.79 Å². The summed E-state index contributed by atoms with van der Waals surface area (Å²) in [5.41, 5.74) is 0.481. The third-order valence-electron chi connectivity index (χ3n) is 3.46. The highest BCUT2D eigenvalue weighted by molar-refractivity contribution is 7.17. The molecule has 1 heterocycles. The first-order valence-electron chi connectivity index (χ1n) is 7.64. The largest absolute Gasteiger partial charge is 0.416 e. The van der Waals surface area contributed by atoms with Crippen molar-refractivity contribution < 1.29 is 18.0 Å². The van der Waals surface area contributed by atoms with Crippen LogP contribution >= 0.6 is 11.3 Å². The lowest BCUT2D eigenvalue weighted by Crippen LogP contribution is -2.22. The van der Waals surface area contributed by atoms with Crippen LogP contribution in [0.25, 0.3) is 0 Å². The maximum atomic E-state index is 12.7. The normalized spacial score (nSPS) is 11.2. The molecular formula is C18H14F3N3OS. The predicted molar refractivity (Wildman–Crippen MR) is 94.5 cm³/mol. The van der Waals surface area contributed by atoms with Crippen LogP contribution < -0.4 is 10.6 Å². The van der Waals surface area contributed by atoms with Gasteiger partial charge in [-0.05, 0) is 29.8 Å². The Morgan fingerprint density at radius 3 is 2.58 bits per heavy atom. The van der Waals surface area contributed by atoms with Gasteiger partial charge in [0.1, 0.15) is 4.88 Å². The van der Waals surface area contributed by atoms with Crippen LogP contribution in [0.1, 0.15) is 20.8 Å². The number of amides is 1. The predicted octanol–water partition coefficient (Wildman–Crippen LogP) is 4.84. The number of nitrogens with zero attached hydrogens (tertiary/aromatic N) is 1. The molecule has 1 aromatic heterocycles. The number of thiazole rings is 1. The van der Waals surface area contributed by atoms with Crippen LogP contribution in [-0.4, -0.2) is 10.9 Å². The van der Waals surface area contributed by atoms with Crippen molar-refractivity contribution >= 4 is 28.1 Å². The fraction of sp³-hybridized carbons (Fsp3) is 0.111. The lowest BCUT2D eigenvalue weighted by Gasteiger charge is -2.09. The number of para-hydroxylation sites is 1. The number of benzene rings is 2. The van der Waals surface area contributed by atoms with E-state index < -0.39 is 11.7 Å². The summed E-state index contributed by atoms with van der Waals surface area (Å²) in [5.74, 6) is -0.388. The first-order chi connectivity index (χ1) is 12.4. The van der Waals surface area contributed by atoms with Gasteiger partial charge < -0.3 is 10.6 Å². The van der Waals surface area contributed by atoms with E-state index in [1.807, 2.05) is 30.3 Å². The smallest absolute Gasteiger partial charge is 0.347 e. The molecule has 26 heavy (non-hydrogen) atoms. The van der Waals surface area contributed by atoms with E-state index in [0.717, 1.165) is 29.2 Å². The molecule has 0 saturated carbocycles. The Morgan fingerprint density at radius 1 is 1.08 bits per heavy atom. The Bertz CT molecular complexity index is 894. The van der Waals surface area contributed by atoms with Gasteiger partial charge in [0.05, 0.1) is 11.8 Å². The summed E-state index contributed by atoms with van der Waals surface area (Å²) in [6, 6.07) is 14.2. The SMILES string of the molecule is O=C(NCc1cccc(C(F)(F)F)c1)c1cnc(Nc2ccccc2)s1. The maximum Gasteiger partial charge on any atom is 0.416 e. The first-order valence-corrected chi connectivity index (χ1v) is 8.46. The van der Waals surface area contributed by atoms with E-state index >= 15 is 0 Å². The molecule has 2 N–H and O–H groups in total. The van der Waals surface area contributed by atoms with Crippen molar-refractivity contribution in [2.75, 3.05) is 5.32 Å². The summed E-state index contributed by atoms with van der Waals surface area (Å²) in [7, 11) is 0. The lowest BCUT2D eigenvalue weighted by molar-refractivity contribution is -0.137. The Labute approximate surface area is 151 Å². The third-order valence-corrected chi connectivity index (χ3v) is 4.37. The molecule has 3 aromatic rings. The summed E-state index contributed by atoms with van der Waals surface area (Å²) in [6.45, 7) is 0.00208. The molecule has 4 nitrogen and oxygen atoms in total. The number of aromatic nitrogens is 1. The molecule has 0 bridgehead atoms. The van der Waals surface area contributed by atoms with E-state index in [0.29, 0.717) is 15.6 Å². The van der Waals surface area contributed by atoms with Gasteiger partial charge in [0, 0.05) is 12.2 Å². The van der Waals surface area contributed by atoms with Crippen molar-refractivity contribution in [1.82, 2.24) is 10.3 Å². The second-order valence-corrected chi connectivity index (χ2v) is 6.43. The Hall–Kier alpha value is -2.87. The van der Waals surface area contributed by atoms with Gasteiger partial charge in [-0.15, -0.1) is 0 Å². The lowest BCUT2D eigenvalue weighted by atomic mass is 10.1. The van der Waals surface area contributed by atoms with Gasteiger partial charge in [-0.2, -0.15) is 13.2 Å². The minimum Gasteiger partial charge on any atom is -0.347 e. The van der Waals surface area contributed by atoms with Crippen LogP contribution in [0.3, 0.4) is 0 Å². The fourth-order valence-corrected chi connectivity index (χ4v) is 2.96. The van der Waals surface area contributed by atoms with E-state index in [1.54, 1.807) is 0 Å². The van der Waals surface area contributed by atoms with Crippen LogP contribution in [0.5, 0.6) is 0 Å². The maximum absolute atomic E-state index is 12.7. The quantitative estimate of drug-likeness (QED) is 0.669. The number of halogens is 3. The molecular weight excluding hydrogens is 363 g/mol. The third kappa shape index (κ3) is 4.60. The summed E-state index contributed by atoms with van der Waals surface area (Å²) >= 11 is 1.16. The molecule has 0 fully saturated rings. The summed E-state index contributed by atoms with van der Waals surface area (Å²) in [5, 5.41) is 6.24. The number of alkyl halides is 3. The zero-order valence-corrected chi connectivity index (χ0v) is 14.2. The van der Waals surface area contributed by atoms with E-state index in [9.17, 15) is 18.0 Å². The summed E-state index contributed by atoms with van der Waals surface area (Å²) < 4.78 is 38.1. The number of hydrogen-bond donors (Lipinski definition) is 2. The summed E-state index contributed by atoms with van der Waals surface area (Å²) in [4.78, 5) is 16.7. The van der Waals surface area contributed by atoms with Gasteiger partial charge in [0.2, 0.25) is 0 Å². The molecule has 1 amide bonds. The summed E-state index contributed by atoms with van der Waals surface area (Å²) in [6.07, 6.45) is -2.98. The van der Waals surface area contributed by atoms with Gasteiger partial charge in [-0.25, -0.2) is 4.98 Å². The molecule has 0 atom stereocenters. The van der Waals surface area contributed by atoms with E-state index in [4.69, 9.17) is 0 Å². The van der Waals surface area contributed by atoms with E-state index in [-0.39, 0.29) is 12.5 Å². The molecule has 0 spiro atoms. The van der Waals surface area contributed by atoms with E-state index in [1.165, 1.54) is 18.3 Å². The molecule has 0 radical (unpaired) electrons. The van der Waals surface area contributed by atoms with Gasteiger partial charge >= 0.3 is 6.18 Å². The average Bonchev–Trinajstić information content (AvgIpc) is 3.09. The number of anilines is 2. The molecule has 2 aromatic carbocycles. The second-order valence-electron chi connectivity index (χ2n) is 5.40. The monoisotopic (exact) mass is 377 g/mol. The molecule has 0 aliphatic heterocycles. The van der Waals surface area contributed by atoms with Crippen molar-refractivity contribution in [3.63, 3.8) is 0 Å². The molecule has 0 saturated heterocycles. The van der Waals surface area contributed by atoms with Crippen molar-refractivity contribution in [3.8, 4) is 0 Å². The van der Waals surface area contributed by atoms with Gasteiger partial charge in [-0.1, -0.05) is 41.7 Å². The fourth-order valence-electron chi connectivity index (χ4n) is 2.21. The van der Waals surface area contributed by atoms with Crippen LogP contribution in [0.2, 0.25) is 0 Å². The van der Waals surface area contributed by atoms with Crippen LogP contribution in [0.15, 0.2) is 60.8 Å². The molecule has 0 unspecified atom stereocenters. The molecule has 134 valence electrons. The number of rotatable bonds is 5. The Kier molecular flexibility index (Phi) is 5.22. The average molecular weight is 377 g/mol. The first kappa shape index (κ1) is 17.9. The number of carbonyl (C=O) groups excluding carboxylic acids is 1. The van der Waals surface area contributed by atoms with Gasteiger partial charge in [0.25, 0.3) is 5.91 Å². The molecule has 0 aliphatic rings. The topological polar surface area (TPSA) is 54.0 Å². The zero-order chi connectivity index (χ0) is 18.6. The Balaban J connectivity index is 1.61. The van der Waals surface area contributed by atoms with Gasteiger partial charge in [0.15, 0.2) is 5.13 Å². The number of carbonyl (C=O) groups is 1. The molecule has 0 aliphatic carbocycles. The zero-order valence-electron chi connectivity index (χ0n) is 13.4. The molecule has 3 rings (SSSR count). The van der Waals surface area contributed by atoms with Crippen molar-refractivity contribution in [1.29, 1.82) is 0 Å². The number of hydrogen-bond acceptors (Lipinski definition) is 4. The van der Waals surface area contributed by atoms with Crippen LogP contribution in [0, 0.1) is 0 Å². The van der Waals surface area contributed by atoms with Crippen molar-refractivity contribution in [3.05, 3.63) is 76.8 Å². The highest BCUT2D eigenvalue weighted by Crippen LogP contribution is 2.29. The van der Waals surface area contributed by atoms with Crippen molar-refractivity contribution in [2.24, 2.45) is 0 Å². The standard InChI is InChI=1S/C18H14F3N3OS/c19-18(20,21)13-6-4-5-12(9-13)10-22-16(25)15-11-23-17(26-15)24-14-7-2-1-3-8-14/h1-9,11H,10H2,(H,22,25)(H,23,24). The second kappa shape index (κ2) is 7.57. The highest BCUT2D eigenvalue weighted by Gasteiger charge is 2.30. The molecule has 8 heteroatoms. The van der Waals surface area contributed by atoms with Crippen LogP contribution in [0.4, 0.5) is 24.0 Å². The minimum absolute atomic E-state index is 0.00208. The Morgan fingerprint density at radius 2 is 1.85 bits per heavy atom. The number of nitrogens with one attached hydrogen (secondary N) is 2. The minimum atomic E-state index is -4.41. The van der Waals surface area contributed by atoms with Crippen molar-refractivity contribution in [2.45, 2.75) is 12.7 Å².